The third-order valence-corrected chi connectivity index (χ3v) is 4.70. The summed E-state index contributed by atoms with van der Waals surface area (Å²) in [5.41, 5.74) is 2.56. The van der Waals surface area contributed by atoms with Gasteiger partial charge in [0.25, 0.3) is 0 Å². The molecule has 1 aromatic heterocycles. The molecule has 0 bridgehead atoms. The molecule has 3 aromatic carbocycles. The van der Waals surface area contributed by atoms with Crippen LogP contribution in [0.4, 0.5) is 10.5 Å². The van der Waals surface area contributed by atoms with Gasteiger partial charge in [0.05, 0.1) is 0 Å². The molecule has 0 aliphatic carbocycles. The van der Waals surface area contributed by atoms with E-state index in [1.54, 1.807) is 36.4 Å². The molecule has 6 heteroatoms. The molecule has 0 radical (unpaired) electrons. The smallest absolute Gasteiger partial charge is 0.410 e. The molecule has 0 aliphatic rings. The lowest BCUT2D eigenvalue weighted by Gasteiger charge is -2.18. The number of anilines is 1. The number of hydrogen-bond donors (Lipinski definition) is 3. The zero-order chi connectivity index (χ0) is 20.8. The van der Waals surface area contributed by atoms with Crippen molar-refractivity contribution in [3.8, 4) is 5.75 Å². The molecule has 30 heavy (non-hydrogen) atoms. The van der Waals surface area contributed by atoms with E-state index in [1.165, 1.54) is 0 Å². The molecule has 6 nitrogen and oxygen atoms in total. The van der Waals surface area contributed by atoms with Gasteiger partial charge in [-0.15, -0.1) is 0 Å². The summed E-state index contributed by atoms with van der Waals surface area (Å²) >= 11 is 0. The lowest BCUT2D eigenvalue weighted by Crippen LogP contribution is -2.46. The summed E-state index contributed by atoms with van der Waals surface area (Å²) in [5, 5.41) is 6.56. The van der Waals surface area contributed by atoms with E-state index < -0.39 is 12.1 Å². The van der Waals surface area contributed by atoms with Crippen molar-refractivity contribution in [2.24, 2.45) is 0 Å². The van der Waals surface area contributed by atoms with Gasteiger partial charge in [0.15, 0.2) is 0 Å². The first-order valence-electron chi connectivity index (χ1n) is 9.63. The van der Waals surface area contributed by atoms with Gasteiger partial charge in [0.2, 0.25) is 5.91 Å². The number of carbonyl (C=O) groups is 2. The van der Waals surface area contributed by atoms with Crippen molar-refractivity contribution in [3.05, 3.63) is 96.7 Å². The number of hydrogen-bond acceptors (Lipinski definition) is 3. The first-order chi connectivity index (χ1) is 14.7. The fraction of sp³-hybridized carbons (Fsp3) is 0.0833. The van der Waals surface area contributed by atoms with Crippen LogP contribution in [0, 0.1) is 0 Å². The number of para-hydroxylation sites is 3. The van der Waals surface area contributed by atoms with Crippen LogP contribution < -0.4 is 15.4 Å². The largest absolute Gasteiger partial charge is 0.413 e. The van der Waals surface area contributed by atoms with Crippen LogP contribution in [0.5, 0.6) is 5.75 Å². The summed E-state index contributed by atoms with van der Waals surface area (Å²) in [6, 6.07) is 24.9. The highest BCUT2D eigenvalue weighted by Crippen LogP contribution is 2.20. The van der Waals surface area contributed by atoms with Gasteiger partial charge in [0.1, 0.15) is 11.8 Å². The second-order valence-electron chi connectivity index (χ2n) is 6.82. The quantitative estimate of drug-likeness (QED) is 0.446. The maximum Gasteiger partial charge on any atom is 0.413 e. The Hall–Kier alpha value is -4.06. The van der Waals surface area contributed by atoms with Gasteiger partial charge in [-0.25, -0.2) is 4.79 Å². The molecular formula is C24H21N3O3. The Labute approximate surface area is 173 Å². The summed E-state index contributed by atoms with van der Waals surface area (Å²) in [5.74, 6) is 0.0841. The van der Waals surface area contributed by atoms with Crippen LogP contribution in [-0.2, 0) is 11.2 Å². The predicted molar refractivity (Wildman–Crippen MR) is 116 cm³/mol. The van der Waals surface area contributed by atoms with E-state index in [2.05, 4.69) is 15.6 Å². The van der Waals surface area contributed by atoms with Gasteiger partial charge in [-0.05, 0) is 35.9 Å². The minimum atomic E-state index is -0.819. The van der Waals surface area contributed by atoms with Crippen LogP contribution in [0.2, 0.25) is 0 Å². The molecule has 0 saturated heterocycles. The highest BCUT2D eigenvalue weighted by Gasteiger charge is 2.23. The second kappa shape index (κ2) is 8.96. The Kier molecular flexibility index (Phi) is 5.75. The molecule has 0 saturated carbocycles. The Morgan fingerprint density at radius 1 is 0.867 bits per heavy atom. The number of carbonyl (C=O) groups excluding carboxylic acids is 2. The zero-order valence-corrected chi connectivity index (χ0v) is 16.2. The van der Waals surface area contributed by atoms with Gasteiger partial charge in [-0.3, -0.25) is 4.79 Å². The van der Waals surface area contributed by atoms with Crippen molar-refractivity contribution in [2.45, 2.75) is 12.5 Å². The number of H-pyrrole nitrogens is 1. The van der Waals surface area contributed by atoms with E-state index in [-0.39, 0.29) is 5.91 Å². The van der Waals surface area contributed by atoms with Gasteiger partial charge < -0.3 is 20.4 Å². The molecule has 0 spiro atoms. The topological polar surface area (TPSA) is 83.2 Å². The lowest BCUT2D eigenvalue weighted by molar-refractivity contribution is -0.118. The van der Waals surface area contributed by atoms with E-state index in [9.17, 15) is 9.59 Å². The van der Waals surface area contributed by atoms with E-state index >= 15 is 0 Å². The van der Waals surface area contributed by atoms with Crippen LogP contribution in [0.3, 0.4) is 0 Å². The Morgan fingerprint density at radius 2 is 1.53 bits per heavy atom. The van der Waals surface area contributed by atoms with E-state index in [0.29, 0.717) is 17.9 Å². The maximum absolute atomic E-state index is 13.0. The molecular weight excluding hydrogens is 378 g/mol. The highest BCUT2D eigenvalue weighted by atomic mass is 16.6. The molecule has 150 valence electrons. The molecule has 4 aromatic rings. The van der Waals surface area contributed by atoms with Crippen LogP contribution in [0.25, 0.3) is 10.9 Å². The molecule has 1 unspecified atom stereocenters. The minimum absolute atomic E-state index is 0.312. The number of rotatable bonds is 6. The number of aromatic amines is 1. The standard InChI is InChI=1S/C24H21N3O3/c28-23(26-18-9-3-1-4-10-18)22(27-24(29)30-19-11-5-2-6-12-19)15-17-16-25-21-14-8-7-13-20(17)21/h1-14,16,22,25H,15H2,(H,26,28)(H,27,29). The third-order valence-electron chi connectivity index (χ3n) is 4.70. The molecule has 3 N–H and O–H groups in total. The minimum Gasteiger partial charge on any atom is -0.410 e. The second-order valence-corrected chi connectivity index (χ2v) is 6.82. The summed E-state index contributed by atoms with van der Waals surface area (Å²) in [6.45, 7) is 0. The SMILES string of the molecule is O=C(NC(Cc1c[nH]c2ccccc12)C(=O)Nc1ccccc1)Oc1ccccc1. The lowest BCUT2D eigenvalue weighted by atomic mass is 10.0. The molecule has 1 heterocycles. The summed E-state index contributed by atoms with van der Waals surface area (Å²) in [6.07, 6.45) is 1.48. The van der Waals surface area contributed by atoms with E-state index in [4.69, 9.17) is 4.74 Å². The Balaban J connectivity index is 1.53. The number of amides is 2. The third kappa shape index (κ3) is 4.67. The van der Waals surface area contributed by atoms with E-state index in [0.717, 1.165) is 16.5 Å². The Morgan fingerprint density at radius 3 is 2.30 bits per heavy atom. The van der Waals surface area contributed by atoms with Crippen molar-refractivity contribution in [3.63, 3.8) is 0 Å². The van der Waals surface area contributed by atoms with Gasteiger partial charge in [-0.1, -0.05) is 54.6 Å². The Bertz CT molecular complexity index is 1140. The number of aromatic nitrogens is 1. The number of fused-ring (bicyclic) bond motifs is 1. The molecule has 4 rings (SSSR count). The first kappa shape index (κ1) is 19.3. The average Bonchev–Trinajstić information content (AvgIpc) is 3.17. The molecule has 0 aliphatic heterocycles. The normalized spacial score (nSPS) is 11.6. The number of ether oxygens (including phenoxy) is 1. The monoisotopic (exact) mass is 399 g/mol. The summed E-state index contributed by atoms with van der Waals surface area (Å²) < 4.78 is 5.31. The average molecular weight is 399 g/mol. The van der Waals surface area contributed by atoms with Crippen molar-refractivity contribution in [1.82, 2.24) is 10.3 Å². The van der Waals surface area contributed by atoms with Gasteiger partial charge in [0, 0.05) is 29.2 Å². The van der Waals surface area contributed by atoms with E-state index in [1.807, 2.05) is 54.7 Å². The summed E-state index contributed by atoms with van der Waals surface area (Å²) in [4.78, 5) is 28.6. The maximum atomic E-state index is 13.0. The van der Waals surface area contributed by atoms with Crippen LogP contribution in [0.15, 0.2) is 91.1 Å². The zero-order valence-electron chi connectivity index (χ0n) is 16.2. The van der Waals surface area contributed by atoms with Crippen molar-refractivity contribution >= 4 is 28.6 Å². The van der Waals surface area contributed by atoms with Gasteiger partial charge >= 0.3 is 6.09 Å². The molecule has 0 fully saturated rings. The number of nitrogens with one attached hydrogen (secondary N) is 3. The predicted octanol–water partition coefficient (Wildman–Crippen LogP) is 4.51. The number of benzene rings is 3. The van der Waals surface area contributed by atoms with Crippen LogP contribution >= 0.6 is 0 Å². The van der Waals surface area contributed by atoms with Crippen LogP contribution in [-0.4, -0.2) is 23.0 Å². The fourth-order valence-corrected chi connectivity index (χ4v) is 3.25. The van der Waals surface area contributed by atoms with Crippen molar-refractivity contribution < 1.29 is 14.3 Å². The molecule has 2 amide bonds. The van der Waals surface area contributed by atoms with Crippen molar-refractivity contribution in [1.29, 1.82) is 0 Å². The van der Waals surface area contributed by atoms with Gasteiger partial charge in [-0.2, -0.15) is 0 Å². The highest BCUT2D eigenvalue weighted by molar-refractivity contribution is 5.97. The van der Waals surface area contributed by atoms with Crippen molar-refractivity contribution in [2.75, 3.05) is 5.32 Å². The van der Waals surface area contributed by atoms with Crippen LogP contribution in [0.1, 0.15) is 5.56 Å². The summed E-state index contributed by atoms with van der Waals surface area (Å²) in [7, 11) is 0. The first-order valence-corrected chi connectivity index (χ1v) is 9.63. The molecule has 1 atom stereocenters. The fourth-order valence-electron chi connectivity index (χ4n) is 3.25.